The maximum Gasteiger partial charge on any atom is 0.136 e. The van der Waals surface area contributed by atoms with Crippen molar-refractivity contribution >= 4 is 48.6 Å². The van der Waals surface area contributed by atoms with Gasteiger partial charge in [0.25, 0.3) is 0 Å². The number of fused-ring (bicyclic) bond motifs is 4. The number of furan rings is 1. The lowest BCUT2D eigenvalue weighted by Crippen LogP contribution is -1.79. The maximum absolute atomic E-state index is 5.96. The molecule has 0 spiro atoms. The van der Waals surface area contributed by atoms with E-state index in [1.165, 1.54) is 21.9 Å². The molecule has 0 saturated heterocycles. The lowest BCUT2D eigenvalue weighted by molar-refractivity contribution is 0.668. The Bertz CT molecular complexity index is 1220. The molecule has 5 rings (SSSR count). The Morgan fingerprint density at radius 1 is 0.583 bits per heavy atom. The molecule has 0 bridgehead atoms. The van der Waals surface area contributed by atoms with Gasteiger partial charge in [-0.3, -0.25) is 0 Å². The Hall–Kier alpha value is -2.58. The molecule has 24 heavy (non-hydrogen) atoms. The number of benzene rings is 4. The van der Waals surface area contributed by atoms with Crippen LogP contribution in [0.4, 0.5) is 0 Å². The summed E-state index contributed by atoms with van der Waals surface area (Å²) in [4.78, 5) is 0. The van der Waals surface area contributed by atoms with Crippen molar-refractivity contribution in [1.82, 2.24) is 0 Å². The smallest absolute Gasteiger partial charge is 0.136 e. The molecule has 1 heterocycles. The average molecular weight is 373 g/mol. The van der Waals surface area contributed by atoms with Crippen LogP contribution in [0.1, 0.15) is 0 Å². The van der Waals surface area contributed by atoms with E-state index >= 15 is 0 Å². The van der Waals surface area contributed by atoms with Gasteiger partial charge in [-0.1, -0.05) is 58.4 Å². The molecule has 0 aliphatic carbocycles. The summed E-state index contributed by atoms with van der Waals surface area (Å²) in [5.74, 6) is 0. The molecule has 4 aromatic carbocycles. The second kappa shape index (κ2) is 5.22. The van der Waals surface area contributed by atoms with Gasteiger partial charge < -0.3 is 4.42 Å². The second-order valence-corrected chi connectivity index (χ2v) is 6.93. The summed E-state index contributed by atoms with van der Waals surface area (Å²) in [6.45, 7) is 0. The van der Waals surface area contributed by atoms with Crippen LogP contribution in [0.15, 0.2) is 87.8 Å². The van der Waals surface area contributed by atoms with Crippen molar-refractivity contribution in [2.24, 2.45) is 0 Å². The molecule has 0 fully saturated rings. The number of hydrogen-bond donors (Lipinski definition) is 0. The van der Waals surface area contributed by atoms with Crippen LogP contribution in [0.5, 0.6) is 0 Å². The second-order valence-electron chi connectivity index (χ2n) is 6.02. The molecule has 0 unspecified atom stereocenters. The van der Waals surface area contributed by atoms with Crippen LogP contribution in [0, 0.1) is 0 Å². The van der Waals surface area contributed by atoms with E-state index in [9.17, 15) is 0 Å². The van der Waals surface area contributed by atoms with Gasteiger partial charge in [-0.25, -0.2) is 0 Å². The lowest BCUT2D eigenvalue weighted by atomic mass is 10.00. The zero-order valence-electron chi connectivity index (χ0n) is 12.8. The van der Waals surface area contributed by atoms with E-state index in [1.807, 2.05) is 6.07 Å². The highest BCUT2D eigenvalue weighted by molar-refractivity contribution is 9.10. The predicted molar refractivity (Wildman–Crippen MR) is 104 cm³/mol. The summed E-state index contributed by atoms with van der Waals surface area (Å²) >= 11 is 3.50. The first-order valence-corrected chi connectivity index (χ1v) is 8.68. The molecule has 114 valence electrons. The van der Waals surface area contributed by atoms with Crippen molar-refractivity contribution in [2.45, 2.75) is 0 Å². The zero-order chi connectivity index (χ0) is 16.1. The van der Waals surface area contributed by atoms with Gasteiger partial charge in [0.05, 0.1) is 0 Å². The van der Waals surface area contributed by atoms with Crippen LogP contribution in [0.2, 0.25) is 0 Å². The third-order valence-electron chi connectivity index (χ3n) is 4.52. The molecule has 0 atom stereocenters. The molecule has 1 nitrogen and oxygen atoms in total. The van der Waals surface area contributed by atoms with E-state index in [0.717, 1.165) is 26.4 Å². The summed E-state index contributed by atoms with van der Waals surface area (Å²) in [6.07, 6.45) is 0. The molecule has 0 radical (unpaired) electrons. The van der Waals surface area contributed by atoms with Gasteiger partial charge in [0, 0.05) is 15.2 Å². The van der Waals surface area contributed by atoms with Crippen molar-refractivity contribution in [3.63, 3.8) is 0 Å². The highest BCUT2D eigenvalue weighted by Crippen LogP contribution is 2.34. The SMILES string of the molecule is Brc1ccc2c(c1)oc1ccc(-c3ccc4ccccc4c3)cc12. The Morgan fingerprint density at radius 2 is 1.38 bits per heavy atom. The maximum atomic E-state index is 5.96. The summed E-state index contributed by atoms with van der Waals surface area (Å²) in [5.41, 5.74) is 4.27. The van der Waals surface area contributed by atoms with Crippen LogP contribution in [-0.2, 0) is 0 Å². The van der Waals surface area contributed by atoms with Crippen molar-refractivity contribution in [3.8, 4) is 11.1 Å². The van der Waals surface area contributed by atoms with Gasteiger partial charge >= 0.3 is 0 Å². The van der Waals surface area contributed by atoms with Gasteiger partial charge in [-0.2, -0.15) is 0 Å². The van der Waals surface area contributed by atoms with E-state index in [2.05, 4.69) is 88.7 Å². The Balaban J connectivity index is 1.74. The van der Waals surface area contributed by atoms with E-state index in [1.54, 1.807) is 0 Å². The molecule has 2 heteroatoms. The van der Waals surface area contributed by atoms with Crippen molar-refractivity contribution < 1.29 is 4.42 Å². The minimum Gasteiger partial charge on any atom is -0.456 e. The number of halogens is 1. The molecule has 1 aromatic heterocycles. The average Bonchev–Trinajstić information content (AvgIpc) is 2.97. The first-order chi connectivity index (χ1) is 11.8. The van der Waals surface area contributed by atoms with Crippen LogP contribution < -0.4 is 0 Å². The third kappa shape index (κ3) is 2.15. The van der Waals surface area contributed by atoms with Gasteiger partial charge in [-0.15, -0.1) is 0 Å². The minimum atomic E-state index is 0.912. The number of hydrogen-bond acceptors (Lipinski definition) is 1. The predicted octanol–water partition coefficient (Wildman–Crippen LogP) is 7.17. The molecule has 5 aromatic rings. The zero-order valence-corrected chi connectivity index (χ0v) is 14.4. The van der Waals surface area contributed by atoms with E-state index in [0.29, 0.717) is 0 Å². The first kappa shape index (κ1) is 13.8. The molecule has 0 saturated carbocycles. The molecule has 0 aliphatic heterocycles. The van der Waals surface area contributed by atoms with Crippen LogP contribution >= 0.6 is 15.9 Å². The van der Waals surface area contributed by atoms with Crippen molar-refractivity contribution in [3.05, 3.63) is 83.3 Å². The topological polar surface area (TPSA) is 13.1 Å². The normalized spacial score (nSPS) is 11.5. The summed E-state index contributed by atoms with van der Waals surface area (Å²) in [5, 5.41) is 4.83. The third-order valence-corrected chi connectivity index (χ3v) is 5.01. The minimum absolute atomic E-state index is 0.912. The molecule has 0 amide bonds. The summed E-state index contributed by atoms with van der Waals surface area (Å²) in [7, 11) is 0. The van der Waals surface area contributed by atoms with Gasteiger partial charge in [0.15, 0.2) is 0 Å². The summed E-state index contributed by atoms with van der Waals surface area (Å²) < 4.78 is 7.00. The Morgan fingerprint density at radius 3 is 2.29 bits per heavy atom. The van der Waals surface area contributed by atoms with Crippen LogP contribution in [-0.4, -0.2) is 0 Å². The lowest BCUT2D eigenvalue weighted by Gasteiger charge is -2.04. The standard InChI is InChI=1S/C22H13BrO/c23-18-8-9-19-20-12-17(7-10-21(20)24-22(19)13-18)16-6-5-14-3-1-2-4-15(14)11-16/h1-13H. The molecule has 0 N–H and O–H groups in total. The Kier molecular flexibility index (Phi) is 3.00. The first-order valence-electron chi connectivity index (χ1n) is 7.89. The highest BCUT2D eigenvalue weighted by Gasteiger charge is 2.09. The van der Waals surface area contributed by atoms with E-state index in [-0.39, 0.29) is 0 Å². The fourth-order valence-electron chi connectivity index (χ4n) is 3.30. The largest absolute Gasteiger partial charge is 0.456 e. The number of rotatable bonds is 1. The molecule has 0 aliphatic rings. The fourth-order valence-corrected chi connectivity index (χ4v) is 3.64. The van der Waals surface area contributed by atoms with Crippen LogP contribution in [0.3, 0.4) is 0 Å². The highest BCUT2D eigenvalue weighted by atomic mass is 79.9. The monoisotopic (exact) mass is 372 g/mol. The van der Waals surface area contributed by atoms with Crippen molar-refractivity contribution in [2.75, 3.05) is 0 Å². The molecular weight excluding hydrogens is 360 g/mol. The van der Waals surface area contributed by atoms with Gasteiger partial charge in [0.2, 0.25) is 0 Å². The summed E-state index contributed by atoms with van der Waals surface area (Å²) in [6, 6.07) is 27.7. The van der Waals surface area contributed by atoms with E-state index < -0.39 is 0 Å². The van der Waals surface area contributed by atoms with Crippen LogP contribution in [0.25, 0.3) is 43.8 Å². The fraction of sp³-hybridized carbons (Fsp3) is 0. The van der Waals surface area contributed by atoms with Gasteiger partial charge in [-0.05, 0) is 58.3 Å². The Labute approximate surface area is 147 Å². The molecular formula is C22H13BrO. The van der Waals surface area contributed by atoms with E-state index in [4.69, 9.17) is 4.42 Å². The van der Waals surface area contributed by atoms with Gasteiger partial charge in [0.1, 0.15) is 11.2 Å². The van der Waals surface area contributed by atoms with Crippen molar-refractivity contribution in [1.29, 1.82) is 0 Å². The quantitative estimate of drug-likeness (QED) is 0.304.